The fraction of sp³-hybridized carbons (Fsp3) is 0.279. The minimum Gasteiger partial charge on any atom is -0.489 e. The Morgan fingerprint density at radius 1 is 0.784 bits per heavy atom. The molecule has 0 aromatic heterocycles. The summed E-state index contributed by atoms with van der Waals surface area (Å²) >= 11 is 0. The molecule has 0 radical (unpaired) electrons. The first kappa shape index (κ1) is 35.8. The van der Waals surface area contributed by atoms with Crippen LogP contribution in [0, 0.1) is 5.82 Å². The van der Waals surface area contributed by atoms with Crippen LogP contribution in [-0.4, -0.2) is 51.5 Å². The molecular weight excluding hydrogens is 643 g/mol. The quantitative estimate of drug-likeness (QED) is 0.119. The first-order valence-corrected chi connectivity index (χ1v) is 17.3. The van der Waals surface area contributed by atoms with Gasteiger partial charge in [-0.3, -0.25) is 9.80 Å². The molecule has 0 unspecified atom stereocenters. The van der Waals surface area contributed by atoms with Crippen LogP contribution in [-0.2, 0) is 42.2 Å². The van der Waals surface area contributed by atoms with Gasteiger partial charge in [-0.05, 0) is 60.2 Å². The second-order valence-electron chi connectivity index (χ2n) is 13.5. The molecule has 8 heteroatoms. The molecule has 0 spiro atoms. The monoisotopic (exact) mass is 688 g/mol. The van der Waals surface area contributed by atoms with Crippen LogP contribution in [0.25, 0.3) is 0 Å². The first-order valence-electron chi connectivity index (χ1n) is 17.3. The molecule has 3 atom stereocenters. The lowest BCUT2D eigenvalue weighted by molar-refractivity contribution is -0.0772. The lowest BCUT2D eigenvalue weighted by Gasteiger charge is -2.42. The van der Waals surface area contributed by atoms with Crippen molar-refractivity contribution in [2.45, 2.75) is 70.5 Å². The zero-order chi connectivity index (χ0) is 35.6. The maximum absolute atomic E-state index is 15.4. The Kier molecular flexibility index (Phi) is 11.8. The minimum atomic E-state index is -1.09. The lowest BCUT2D eigenvalue weighted by Crippen LogP contribution is -2.58. The zero-order valence-electron chi connectivity index (χ0n) is 29.1. The number of benzene rings is 5. The summed E-state index contributed by atoms with van der Waals surface area (Å²) in [4.78, 5) is 16.6. The fourth-order valence-electron chi connectivity index (χ4n) is 6.88. The van der Waals surface area contributed by atoms with E-state index in [0.29, 0.717) is 37.4 Å². The average molecular weight is 689 g/mol. The molecule has 0 aliphatic carbocycles. The molecule has 5 aromatic rings. The number of hydrogen-bond donors (Lipinski definition) is 1. The highest BCUT2D eigenvalue weighted by Gasteiger charge is 2.50. The number of carboxylic acid groups (broad SMARTS) is 1. The molecule has 1 fully saturated rings. The molecule has 5 aromatic carbocycles. The molecular formula is C43H45FN2O5. The van der Waals surface area contributed by atoms with Crippen LogP contribution in [0.2, 0.25) is 0 Å². The Hall–Kier alpha value is -5.02. The topological polar surface area (TPSA) is 71.5 Å². The lowest BCUT2D eigenvalue weighted by atomic mass is 9.92. The van der Waals surface area contributed by atoms with Crippen molar-refractivity contribution >= 4 is 6.09 Å². The summed E-state index contributed by atoms with van der Waals surface area (Å²) in [6.45, 7) is 5.31. The maximum atomic E-state index is 15.4. The normalized spacial score (nSPS) is 16.5. The third-order valence-corrected chi connectivity index (χ3v) is 9.32. The smallest absolute Gasteiger partial charge is 0.410 e. The van der Waals surface area contributed by atoms with E-state index in [-0.39, 0.29) is 13.2 Å². The van der Waals surface area contributed by atoms with Gasteiger partial charge < -0.3 is 19.3 Å². The van der Waals surface area contributed by atoms with Gasteiger partial charge in [-0.25, -0.2) is 9.18 Å². The van der Waals surface area contributed by atoms with E-state index >= 15 is 4.39 Å². The predicted molar refractivity (Wildman–Crippen MR) is 195 cm³/mol. The van der Waals surface area contributed by atoms with Crippen molar-refractivity contribution in [2.75, 3.05) is 6.61 Å². The van der Waals surface area contributed by atoms with Gasteiger partial charge in [-0.2, -0.15) is 0 Å². The van der Waals surface area contributed by atoms with Gasteiger partial charge in [0, 0.05) is 25.2 Å². The van der Waals surface area contributed by atoms with Crippen molar-refractivity contribution in [1.29, 1.82) is 0 Å². The molecule has 1 heterocycles. The average Bonchev–Trinajstić information content (AvgIpc) is 3.46. The summed E-state index contributed by atoms with van der Waals surface area (Å²) in [5.41, 5.74) is 3.75. The third kappa shape index (κ3) is 9.61. The summed E-state index contributed by atoms with van der Waals surface area (Å²) in [5, 5.41) is 10.6. The summed E-state index contributed by atoms with van der Waals surface area (Å²) in [5.74, 6) is 0.00995. The van der Waals surface area contributed by atoms with Gasteiger partial charge in [0.2, 0.25) is 0 Å². The summed E-state index contributed by atoms with van der Waals surface area (Å²) in [7, 11) is 0. The molecule has 1 aliphatic rings. The highest BCUT2D eigenvalue weighted by Crippen LogP contribution is 2.35. The Labute approximate surface area is 299 Å². The van der Waals surface area contributed by atoms with Crippen LogP contribution in [0.15, 0.2) is 140 Å². The Balaban J connectivity index is 1.43. The zero-order valence-corrected chi connectivity index (χ0v) is 29.1. The van der Waals surface area contributed by atoms with Crippen LogP contribution in [0.4, 0.5) is 9.18 Å². The molecule has 1 aliphatic heterocycles. The Morgan fingerprint density at radius 3 is 1.82 bits per heavy atom. The number of carbonyl (C=O) groups is 1. The largest absolute Gasteiger partial charge is 0.489 e. The van der Waals surface area contributed by atoms with Crippen molar-refractivity contribution in [3.63, 3.8) is 0 Å². The van der Waals surface area contributed by atoms with E-state index in [1.165, 1.54) is 17.0 Å². The van der Waals surface area contributed by atoms with Gasteiger partial charge in [-0.15, -0.1) is 0 Å². The van der Waals surface area contributed by atoms with E-state index in [9.17, 15) is 9.90 Å². The van der Waals surface area contributed by atoms with Crippen LogP contribution >= 0.6 is 0 Å². The number of rotatable bonds is 15. The van der Waals surface area contributed by atoms with E-state index < -0.39 is 35.8 Å². The predicted octanol–water partition coefficient (Wildman–Crippen LogP) is 8.72. The van der Waals surface area contributed by atoms with Crippen molar-refractivity contribution < 1.29 is 28.5 Å². The van der Waals surface area contributed by atoms with Crippen LogP contribution in [0.1, 0.15) is 41.7 Å². The highest BCUT2D eigenvalue weighted by atomic mass is 19.1. The highest BCUT2D eigenvalue weighted by molar-refractivity contribution is 5.67. The van der Waals surface area contributed by atoms with Gasteiger partial charge in [0.15, 0.2) is 0 Å². The molecule has 1 N–H and O–H groups in total. The Morgan fingerprint density at radius 2 is 1.29 bits per heavy atom. The van der Waals surface area contributed by atoms with Gasteiger partial charge in [-0.1, -0.05) is 121 Å². The van der Waals surface area contributed by atoms with E-state index in [1.807, 2.05) is 103 Å². The van der Waals surface area contributed by atoms with Crippen molar-refractivity contribution in [2.24, 2.45) is 0 Å². The SMILES string of the molecule is CC1(C)OC[C@H]([C@H](OCc2ccccc2)[C@H](Cc2cc(F)cc(OCc3ccccc3)c2)N(Cc2ccccc2)Cc2ccccc2)N1C(=O)O. The van der Waals surface area contributed by atoms with Gasteiger partial charge in [0.1, 0.15) is 23.9 Å². The number of ether oxygens (including phenoxy) is 3. The molecule has 6 rings (SSSR count). The van der Waals surface area contributed by atoms with E-state index in [1.54, 1.807) is 13.8 Å². The van der Waals surface area contributed by atoms with Gasteiger partial charge >= 0.3 is 6.09 Å². The van der Waals surface area contributed by atoms with Gasteiger partial charge in [0.05, 0.1) is 25.4 Å². The first-order chi connectivity index (χ1) is 24.7. The fourth-order valence-corrected chi connectivity index (χ4v) is 6.88. The molecule has 51 heavy (non-hydrogen) atoms. The van der Waals surface area contributed by atoms with E-state index in [2.05, 4.69) is 29.2 Å². The second kappa shape index (κ2) is 16.8. The summed E-state index contributed by atoms with van der Waals surface area (Å²) in [6, 6.07) is 43.7. The number of hydrogen-bond acceptors (Lipinski definition) is 5. The Bertz CT molecular complexity index is 1780. The minimum absolute atomic E-state index is 0.147. The summed E-state index contributed by atoms with van der Waals surface area (Å²) in [6.07, 6.45) is -1.41. The van der Waals surface area contributed by atoms with E-state index in [0.717, 1.165) is 22.3 Å². The standard InChI is InChI=1S/C43H45FN2O5/c1-43(2)46(42(47)48)40(31-51-43)41(50-30-35-21-13-6-14-22-35)39(45(27-32-15-7-3-8-16-32)28-33-17-9-4-10-18-33)25-36-23-37(44)26-38(24-36)49-29-34-19-11-5-12-20-34/h3-24,26,39-41H,25,27-31H2,1-2H3,(H,47,48)/t39-,40+,41+/m0/s1. The maximum Gasteiger partial charge on any atom is 0.410 e. The van der Waals surface area contributed by atoms with Crippen LogP contribution in [0.5, 0.6) is 5.75 Å². The number of nitrogens with zero attached hydrogens (tertiary/aromatic N) is 2. The van der Waals surface area contributed by atoms with Crippen LogP contribution < -0.4 is 4.74 Å². The third-order valence-electron chi connectivity index (χ3n) is 9.32. The molecule has 1 saturated heterocycles. The van der Waals surface area contributed by atoms with Crippen molar-refractivity contribution in [1.82, 2.24) is 9.80 Å². The van der Waals surface area contributed by atoms with Crippen molar-refractivity contribution in [3.05, 3.63) is 173 Å². The summed E-state index contributed by atoms with van der Waals surface area (Å²) < 4.78 is 34.6. The van der Waals surface area contributed by atoms with Crippen LogP contribution in [0.3, 0.4) is 0 Å². The van der Waals surface area contributed by atoms with Crippen molar-refractivity contribution in [3.8, 4) is 5.75 Å². The van der Waals surface area contributed by atoms with Gasteiger partial charge in [0.25, 0.3) is 0 Å². The molecule has 7 nitrogen and oxygen atoms in total. The number of halogens is 1. The molecule has 0 saturated carbocycles. The van der Waals surface area contributed by atoms with E-state index in [4.69, 9.17) is 14.2 Å². The molecule has 264 valence electrons. The molecule has 0 bridgehead atoms. The second-order valence-corrected chi connectivity index (χ2v) is 13.5. The molecule has 1 amide bonds. The number of amides is 1.